The lowest BCUT2D eigenvalue weighted by Crippen LogP contribution is -2.42. The smallest absolute Gasteiger partial charge is 0.238 e. The standard InChI is InChI=1S/C17H26N2O2/c1-13-6-7-15(14(2)10-13)18-16(20)11-19(3)12-17(21)8-4-5-9-17/h6-7,10,21H,4-5,8-9,11-12H2,1-3H3,(H,18,20). The Labute approximate surface area is 127 Å². The Morgan fingerprint density at radius 2 is 2.00 bits per heavy atom. The molecule has 1 aliphatic rings. The van der Waals surface area contributed by atoms with Crippen molar-refractivity contribution in [1.29, 1.82) is 0 Å². The van der Waals surface area contributed by atoms with Gasteiger partial charge < -0.3 is 10.4 Å². The van der Waals surface area contributed by atoms with Gasteiger partial charge in [0.05, 0.1) is 12.1 Å². The summed E-state index contributed by atoms with van der Waals surface area (Å²) in [6, 6.07) is 5.99. The van der Waals surface area contributed by atoms with E-state index in [-0.39, 0.29) is 5.91 Å². The minimum absolute atomic E-state index is 0.0361. The maximum Gasteiger partial charge on any atom is 0.238 e. The number of aliphatic hydroxyl groups is 1. The van der Waals surface area contributed by atoms with Crippen LogP contribution in [0.15, 0.2) is 18.2 Å². The normalized spacial score (nSPS) is 17.2. The van der Waals surface area contributed by atoms with E-state index in [0.717, 1.165) is 36.9 Å². The van der Waals surface area contributed by atoms with Crippen LogP contribution in [0.5, 0.6) is 0 Å². The molecule has 0 radical (unpaired) electrons. The fourth-order valence-electron chi connectivity index (χ4n) is 3.14. The lowest BCUT2D eigenvalue weighted by molar-refractivity contribution is -0.117. The second-order valence-electron chi connectivity index (χ2n) is 6.47. The van der Waals surface area contributed by atoms with Gasteiger partial charge in [0.25, 0.3) is 0 Å². The summed E-state index contributed by atoms with van der Waals surface area (Å²) in [4.78, 5) is 14.0. The van der Waals surface area contributed by atoms with Crippen molar-refractivity contribution in [2.24, 2.45) is 0 Å². The Kier molecular flexibility index (Phi) is 5.01. The molecule has 0 unspecified atom stereocenters. The molecule has 0 aromatic heterocycles. The summed E-state index contributed by atoms with van der Waals surface area (Å²) in [6.07, 6.45) is 3.85. The Morgan fingerprint density at radius 1 is 1.33 bits per heavy atom. The van der Waals surface area contributed by atoms with E-state index >= 15 is 0 Å². The summed E-state index contributed by atoms with van der Waals surface area (Å²) in [5, 5.41) is 13.3. The summed E-state index contributed by atoms with van der Waals surface area (Å²) in [6.45, 7) is 4.89. The quantitative estimate of drug-likeness (QED) is 0.876. The molecule has 1 aromatic carbocycles. The highest BCUT2D eigenvalue weighted by Crippen LogP contribution is 2.29. The number of benzene rings is 1. The molecule has 0 atom stereocenters. The van der Waals surface area contributed by atoms with Crippen molar-refractivity contribution in [3.8, 4) is 0 Å². The molecule has 1 aliphatic carbocycles. The fraction of sp³-hybridized carbons (Fsp3) is 0.588. The minimum Gasteiger partial charge on any atom is -0.389 e. The van der Waals surface area contributed by atoms with Gasteiger partial charge in [0.15, 0.2) is 0 Å². The molecule has 0 saturated heterocycles. The van der Waals surface area contributed by atoms with Crippen LogP contribution < -0.4 is 5.32 Å². The molecule has 0 spiro atoms. The van der Waals surface area contributed by atoms with E-state index in [4.69, 9.17) is 0 Å². The lowest BCUT2D eigenvalue weighted by Gasteiger charge is -2.28. The van der Waals surface area contributed by atoms with E-state index in [1.807, 2.05) is 37.9 Å². The third kappa shape index (κ3) is 4.55. The van der Waals surface area contributed by atoms with Crippen LogP contribution >= 0.6 is 0 Å². The van der Waals surface area contributed by atoms with Gasteiger partial charge in [-0.2, -0.15) is 0 Å². The third-order valence-electron chi connectivity index (χ3n) is 4.17. The van der Waals surface area contributed by atoms with Gasteiger partial charge >= 0.3 is 0 Å². The zero-order valence-corrected chi connectivity index (χ0v) is 13.3. The average Bonchev–Trinajstić information content (AvgIpc) is 2.78. The van der Waals surface area contributed by atoms with Crippen molar-refractivity contribution in [1.82, 2.24) is 4.90 Å². The topological polar surface area (TPSA) is 52.6 Å². The second-order valence-corrected chi connectivity index (χ2v) is 6.47. The Bertz CT molecular complexity index is 508. The summed E-state index contributed by atoms with van der Waals surface area (Å²) in [5.74, 6) is -0.0361. The molecule has 0 heterocycles. The van der Waals surface area contributed by atoms with Crippen molar-refractivity contribution < 1.29 is 9.90 Å². The molecule has 2 rings (SSSR count). The van der Waals surface area contributed by atoms with E-state index < -0.39 is 5.60 Å². The number of anilines is 1. The molecule has 1 fully saturated rings. The minimum atomic E-state index is -0.602. The van der Waals surface area contributed by atoms with Gasteiger partial charge in [-0.25, -0.2) is 0 Å². The Balaban J connectivity index is 1.86. The number of hydrogen-bond donors (Lipinski definition) is 2. The molecule has 21 heavy (non-hydrogen) atoms. The summed E-state index contributed by atoms with van der Waals surface area (Å²) in [5.41, 5.74) is 2.51. The predicted molar refractivity (Wildman–Crippen MR) is 85.5 cm³/mol. The molecular formula is C17H26N2O2. The zero-order valence-electron chi connectivity index (χ0n) is 13.3. The monoisotopic (exact) mass is 290 g/mol. The van der Waals surface area contributed by atoms with Crippen molar-refractivity contribution >= 4 is 11.6 Å². The van der Waals surface area contributed by atoms with Crippen LogP contribution in [0.1, 0.15) is 36.8 Å². The third-order valence-corrected chi connectivity index (χ3v) is 4.17. The highest BCUT2D eigenvalue weighted by molar-refractivity contribution is 5.92. The van der Waals surface area contributed by atoms with Crippen molar-refractivity contribution in [2.45, 2.75) is 45.1 Å². The number of aryl methyl sites for hydroxylation is 2. The number of hydrogen-bond acceptors (Lipinski definition) is 3. The first kappa shape index (κ1) is 16.0. The van der Waals surface area contributed by atoms with E-state index in [0.29, 0.717) is 13.1 Å². The largest absolute Gasteiger partial charge is 0.389 e. The Hall–Kier alpha value is -1.39. The number of nitrogens with one attached hydrogen (secondary N) is 1. The molecule has 116 valence electrons. The first-order chi connectivity index (χ1) is 9.88. The van der Waals surface area contributed by atoms with Crippen molar-refractivity contribution in [3.05, 3.63) is 29.3 Å². The SMILES string of the molecule is Cc1ccc(NC(=O)CN(C)CC2(O)CCCC2)c(C)c1. The van der Waals surface area contributed by atoms with Crippen LogP contribution in [0, 0.1) is 13.8 Å². The number of carbonyl (C=O) groups excluding carboxylic acids is 1. The van der Waals surface area contributed by atoms with Crippen LogP contribution in [0.3, 0.4) is 0 Å². The summed E-state index contributed by atoms with van der Waals surface area (Å²) in [7, 11) is 1.89. The Morgan fingerprint density at radius 3 is 2.62 bits per heavy atom. The van der Waals surface area contributed by atoms with Gasteiger partial charge in [-0.3, -0.25) is 9.69 Å². The van der Waals surface area contributed by atoms with Crippen LogP contribution in [-0.2, 0) is 4.79 Å². The highest BCUT2D eigenvalue weighted by atomic mass is 16.3. The molecule has 0 aliphatic heterocycles. The molecular weight excluding hydrogens is 264 g/mol. The summed E-state index contributed by atoms with van der Waals surface area (Å²) < 4.78 is 0. The molecule has 1 aromatic rings. The first-order valence-corrected chi connectivity index (χ1v) is 7.66. The first-order valence-electron chi connectivity index (χ1n) is 7.66. The number of carbonyl (C=O) groups is 1. The molecule has 1 saturated carbocycles. The van der Waals surface area contributed by atoms with Gasteiger partial charge in [-0.15, -0.1) is 0 Å². The molecule has 0 bridgehead atoms. The molecule has 4 nitrogen and oxygen atoms in total. The van der Waals surface area contributed by atoms with Crippen molar-refractivity contribution in [2.75, 3.05) is 25.5 Å². The number of likely N-dealkylation sites (N-methyl/N-ethyl adjacent to an activating group) is 1. The van der Waals surface area contributed by atoms with Gasteiger partial charge in [-0.05, 0) is 45.4 Å². The molecule has 2 N–H and O–H groups in total. The lowest BCUT2D eigenvalue weighted by atomic mass is 10.0. The van der Waals surface area contributed by atoms with E-state index in [1.54, 1.807) is 0 Å². The van der Waals surface area contributed by atoms with Gasteiger partial charge in [0.1, 0.15) is 0 Å². The van der Waals surface area contributed by atoms with E-state index in [1.165, 1.54) is 5.56 Å². The van der Waals surface area contributed by atoms with Gasteiger partial charge in [-0.1, -0.05) is 30.5 Å². The molecule has 4 heteroatoms. The molecule has 1 amide bonds. The predicted octanol–water partition coefficient (Wildman–Crippen LogP) is 2.48. The number of rotatable bonds is 5. The van der Waals surface area contributed by atoms with Crippen LogP contribution in [0.25, 0.3) is 0 Å². The zero-order chi connectivity index (χ0) is 15.5. The van der Waals surface area contributed by atoms with Gasteiger partial charge in [0.2, 0.25) is 5.91 Å². The maximum atomic E-state index is 12.1. The van der Waals surface area contributed by atoms with Crippen LogP contribution in [-0.4, -0.2) is 41.7 Å². The van der Waals surface area contributed by atoms with Crippen molar-refractivity contribution in [3.63, 3.8) is 0 Å². The fourth-order valence-corrected chi connectivity index (χ4v) is 3.14. The van der Waals surface area contributed by atoms with E-state index in [9.17, 15) is 9.90 Å². The summed E-state index contributed by atoms with van der Waals surface area (Å²) >= 11 is 0. The second kappa shape index (κ2) is 6.58. The number of nitrogens with zero attached hydrogens (tertiary/aromatic N) is 1. The number of amides is 1. The maximum absolute atomic E-state index is 12.1. The average molecular weight is 290 g/mol. The van der Waals surface area contributed by atoms with Gasteiger partial charge in [0, 0.05) is 12.2 Å². The van der Waals surface area contributed by atoms with Crippen LogP contribution in [0.4, 0.5) is 5.69 Å². The highest BCUT2D eigenvalue weighted by Gasteiger charge is 2.32. The van der Waals surface area contributed by atoms with Crippen LogP contribution in [0.2, 0.25) is 0 Å². The van der Waals surface area contributed by atoms with E-state index in [2.05, 4.69) is 11.4 Å².